The smallest absolute Gasteiger partial charge is 0.332 e. The number of fused-ring (bicyclic) bond motifs is 5. The molecule has 3 heterocycles. The molecular formula is C29H26N4O3. The van der Waals surface area contributed by atoms with Crippen LogP contribution in [0.1, 0.15) is 39.7 Å². The average Bonchev–Trinajstić information content (AvgIpc) is 3.36. The normalized spacial score (nSPS) is 19.0. The Labute approximate surface area is 208 Å². The number of aromatic nitrogens is 1. The number of amides is 4. The van der Waals surface area contributed by atoms with Gasteiger partial charge in [-0.15, -0.1) is 0 Å². The van der Waals surface area contributed by atoms with Crippen LogP contribution in [-0.4, -0.2) is 34.3 Å². The number of anilines is 2. The summed E-state index contributed by atoms with van der Waals surface area (Å²) in [6, 6.07) is 20.0. The number of hydrogen-bond acceptors (Lipinski definition) is 3. The molecule has 1 fully saturated rings. The molecule has 0 radical (unpaired) electrons. The summed E-state index contributed by atoms with van der Waals surface area (Å²) in [6.45, 7) is 6.23. The molecule has 180 valence electrons. The molecular weight excluding hydrogens is 452 g/mol. The van der Waals surface area contributed by atoms with Gasteiger partial charge in [0.15, 0.2) is 5.54 Å². The summed E-state index contributed by atoms with van der Waals surface area (Å²) in [7, 11) is 0. The van der Waals surface area contributed by atoms with Crippen LogP contribution < -0.4 is 10.2 Å². The number of aromatic amines is 1. The van der Waals surface area contributed by atoms with Crippen LogP contribution in [0.5, 0.6) is 0 Å². The quantitative estimate of drug-likeness (QED) is 0.393. The van der Waals surface area contributed by atoms with E-state index < -0.39 is 5.54 Å². The van der Waals surface area contributed by atoms with Gasteiger partial charge in [0.2, 0.25) is 0 Å². The molecule has 6 rings (SSSR count). The van der Waals surface area contributed by atoms with Crippen LogP contribution in [0, 0.1) is 13.8 Å². The van der Waals surface area contributed by atoms with Crippen LogP contribution in [0.25, 0.3) is 10.9 Å². The van der Waals surface area contributed by atoms with Crippen molar-refractivity contribution in [3.8, 4) is 0 Å². The van der Waals surface area contributed by atoms with E-state index in [2.05, 4.69) is 10.3 Å². The first-order chi connectivity index (χ1) is 17.3. The van der Waals surface area contributed by atoms with E-state index in [0.717, 1.165) is 39.0 Å². The summed E-state index contributed by atoms with van der Waals surface area (Å²) in [5, 5.41) is 4.03. The Morgan fingerprint density at radius 3 is 2.50 bits per heavy atom. The molecule has 4 aromatic rings. The maximum atomic E-state index is 13.8. The third-order valence-electron chi connectivity index (χ3n) is 7.71. The number of aryl methyl sites for hydroxylation is 1. The number of para-hydroxylation sites is 1. The number of rotatable bonds is 3. The van der Waals surface area contributed by atoms with Gasteiger partial charge in [-0.25, -0.2) is 9.69 Å². The van der Waals surface area contributed by atoms with Crippen LogP contribution in [0.4, 0.5) is 16.2 Å². The lowest BCUT2D eigenvalue weighted by Crippen LogP contribution is -2.49. The molecule has 2 aliphatic heterocycles. The highest BCUT2D eigenvalue weighted by molar-refractivity contribution is 6.23. The predicted molar refractivity (Wildman–Crippen MR) is 139 cm³/mol. The van der Waals surface area contributed by atoms with Crippen molar-refractivity contribution in [1.29, 1.82) is 0 Å². The van der Waals surface area contributed by atoms with Gasteiger partial charge in [0.05, 0.1) is 11.4 Å². The first-order valence-corrected chi connectivity index (χ1v) is 12.0. The van der Waals surface area contributed by atoms with Crippen LogP contribution >= 0.6 is 0 Å². The SMILES string of the molecule is Cc1cccc(NC(=O)c2ccc(N3C(=O)N4CCc5c([nH]c6ccccc56)[C@@]4(C)C3=O)cc2)c1C. The van der Waals surface area contributed by atoms with Gasteiger partial charge in [-0.2, -0.15) is 0 Å². The van der Waals surface area contributed by atoms with Crippen molar-refractivity contribution in [1.82, 2.24) is 9.88 Å². The van der Waals surface area contributed by atoms with E-state index in [9.17, 15) is 14.4 Å². The molecule has 0 spiro atoms. The molecule has 0 saturated carbocycles. The number of imide groups is 1. The number of nitrogens with one attached hydrogen (secondary N) is 2. The van der Waals surface area contributed by atoms with Crippen LogP contribution in [0.15, 0.2) is 66.7 Å². The summed E-state index contributed by atoms with van der Waals surface area (Å²) >= 11 is 0. The van der Waals surface area contributed by atoms with Gasteiger partial charge in [0, 0.05) is 28.7 Å². The van der Waals surface area contributed by atoms with Crippen LogP contribution in [0.3, 0.4) is 0 Å². The van der Waals surface area contributed by atoms with E-state index in [-0.39, 0.29) is 17.8 Å². The molecule has 2 aliphatic rings. The number of urea groups is 1. The maximum absolute atomic E-state index is 13.8. The minimum Gasteiger partial charge on any atom is -0.356 e. The zero-order chi connectivity index (χ0) is 25.2. The lowest BCUT2D eigenvalue weighted by atomic mass is 9.87. The highest BCUT2D eigenvalue weighted by Crippen LogP contribution is 2.45. The Balaban J connectivity index is 1.30. The molecule has 3 aromatic carbocycles. The van der Waals surface area contributed by atoms with Crippen molar-refractivity contribution in [2.45, 2.75) is 32.7 Å². The van der Waals surface area contributed by atoms with Gasteiger partial charge >= 0.3 is 6.03 Å². The zero-order valence-corrected chi connectivity index (χ0v) is 20.4. The summed E-state index contributed by atoms with van der Waals surface area (Å²) in [4.78, 5) is 46.4. The number of carbonyl (C=O) groups excluding carboxylic acids is 3. The molecule has 7 heteroatoms. The van der Waals surface area contributed by atoms with Gasteiger partial charge in [0.1, 0.15) is 0 Å². The summed E-state index contributed by atoms with van der Waals surface area (Å²) in [5.74, 6) is -0.547. The minimum atomic E-state index is -1.11. The Morgan fingerprint density at radius 1 is 0.972 bits per heavy atom. The third kappa shape index (κ3) is 3.02. The standard InChI is InChI=1S/C29H26N4O3/c1-17-7-6-10-23(18(17)2)31-26(34)19-11-13-20(14-12-19)33-27(35)29(3)25-22(15-16-32(29)28(33)36)21-8-4-5-9-24(21)30-25/h4-14,30H,15-16H2,1-3H3,(H,31,34)/t29-/m0/s1. The fourth-order valence-corrected chi connectivity index (χ4v) is 5.46. The van der Waals surface area contributed by atoms with E-state index in [1.807, 2.05) is 63.2 Å². The van der Waals surface area contributed by atoms with Crippen molar-refractivity contribution in [2.75, 3.05) is 16.8 Å². The molecule has 1 aromatic heterocycles. The second-order valence-corrected chi connectivity index (χ2v) is 9.67. The average molecular weight is 479 g/mol. The number of hydrogen-bond donors (Lipinski definition) is 2. The Hall–Kier alpha value is -4.39. The lowest BCUT2D eigenvalue weighted by molar-refractivity contribution is -0.125. The predicted octanol–water partition coefficient (Wildman–Crippen LogP) is 5.28. The summed E-state index contributed by atoms with van der Waals surface area (Å²) < 4.78 is 0. The molecule has 2 N–H and O–H groups in total. The van der Waals surface area contributed by atoms with Crippen molar-refractivity contribution in [2.24, 2.45) is 0 Å². The van der Waals surface area contributed by atoms with Crippen molar-refractivity contribution < 1.29 is 14.4 Å². The topological polar surface area (TPSA) is 85.5 Å². The third-order valence-corrected chi connectivity index (χ3v) is 7.71. The second-order valence-electron chi connectivity index (χ2n) is 9.67. The van der Waals surface area contributed by atoms with Crippen molar-refractivity contribution in [3.63, 3.8) is 0 Å². The Kier molecular flexibility index (Phi) is 4.80. The molecule has 0 bridgehead atoms. The van der Waals surface area contributed by atoms with Gasteiger partial charge in [-0.1, -0.05) is 30.3 Å². The fourth-order valence-electron chi connectivity index (χ4n) is 5.46. The highest BCUT2D eigenvalue weighted by atomic mass is 16.2. The summed E-state index contributed by atoms with van der Waals surface area (Å²) in [6.07, 6.45) is 0.680. The fraction of sp³-hybridized carbons (Fsp3) is 0.207. The van der Waals surface area contributed by atoms with Gasteiger partial charge in [-0.3, -0.25) is 9.59 Å². The van der Waals surface area contributed by atoms with Gasteiger partial charge in [0.25, 0.3) is 11.8 Å². The summed E-state index contributed by atoms with van der Waals surface area (Å²) in [5.41, 5.74) is 5.47. The number of H-pyrrole nitrogens is 1. The minimum absolute atomic E-state index is 0.249. The highest BCUT2D eigenvalue weighted by Gasteiger charge is 2.59. The van der Waals surface area contributed by atoms with Crippen LogP contribution in [-0.2, 0) is 16.8 Å². The monoisotopic (exact) mass is 478 g/mol. The first-order valence-electron chi connectivity index (χ1n) is 12.0. The van der Waals surface area contributed by atoms with E-state index in [4.69, 9.17) is 0 Å². The number of nitrogens with zero attached hydrogens (tertiary/aromatic N) is 2. The second kappa shape index (κ2) is 7.81. The Bertz CT molecular complexity index is 1570. The molecule has 0 aliphatic carbocycles. The van der Waals surface area contributed by atoms with E-state index in [1.165, 1.54) is 4.90 Å². The number of carbonyl (C=O) groups is 3. The number of benzene rings is 3. The first kappa shape index (κ1) is 22.1. The Morgan fingerprint density at radius 2 is 1.72 bits per heavy atom. The maximum Gasteiger partial charge on any atom is 0.332 e. The molecule has 36 heavy (non-hydrogen) atoms. The molecule has 4 amide bonds. The lowest BCUT2D eigenvalue weighted by Gasteiger charge is -2.35. The molecule has 0 unspecified atom stereocenters. The van der Waals surface area contributed by atoms with Crippen molar-refractivity contribution in [3.05, 3.63) is 94.7 Å². The zero-order valence-electron chi connectivity index (χ0n) is 20.4. The molecule has 1 saturated heterocycles. The van der Waals surface area contributed by atoms with Crippen LogP contribution in [0.2, 0.25) is 0 Å². The van der Waals surface area contributed by atoms with E-state index in [1.54, 1.807) is 29.2 Å². The molecule has 1 atom stereocenters. The van der Waals surface area contributed by atoms with E-state index >= 15 is 0 Å². The van der Waals surface area contributed by atoms with Crippen molar-refractivity contribution >= 4 is 40.1 Å². The van der Waals surface area contributed by atoms with Gasteiger partial charge in [-0.05, 0) is 80.3 Å². The van der Waals surface area contributed by atoms with E-state index in [0.29, 0.717) is 24.2 Å². The largest absolute Gasteiger partial charge is 0.356 e. The molecule has 7 nitrogen and oxygen atoms in total. The van der Waals surface area contributed by atoms with Gasteiger partial charge < -0.3 is 15.2 Å².